The Balaban J connectivity index is 1.63. The average molecular weight is 455 g/mol. The molecule has 0 saturated carbocycles. The Bertz CT molecular complexity index is 783. The summed E-state index contributed by atoms with van der Waals surface area (Å²) in [7, 11) is 4.27. The number of hydrogen-bond acceptors (Lipinski definition) is 7. The fraction of sp³-hybridized carbons (Fsp3) is 0.538. The molecule has 3 heterocycles. The molecule has 1 saturated heterocycles. The van der Waals surface area contributed by atoms with Gasteiger partial charge in [0.25, 0.3) is 0 Å². The second-order valence-electron chi connectivity index (χ2n) is 8.79. The fourth-order valence-corrected chi connectivity index (χ4v) is 4.31. The van der Waals surface area contributed by atoms with Gasteiger partial charge in [0.15, 0.2) is 11.5 Å². The zero-order valence-corrected chi connectivity index (χ0v) is 20.1. The maximum Gasteiger partial charge on any atom is 0.150 e. The summed E-state index contributed by atoms with van der Waals surface area (Å²) in [6, 6.07) is 16.6. The molecule has 3 aliphatic rings. The normalized spacial score (nSPS) is 23.7. The monoisotopic (exact) mass is 454 g/mol. The lowest BCUT2D eigenvalue weighted by Crippen LogP contribution is -2.40. The van der Waals surface area contributed by atoms with Crippen LogP contribution < -0.4 is 14.5 Å². The van der Waals surface area contributed by atoms with Crippen molar-refractivity contribution in [2.45, 2.75) is 0 Å². The van der Waals surface area contributed by atoms with Crippen LogP contribution >= 0.6 is 0 Å². The Labute approximate surface area is 198 Å². The molecule has 3 aliphatic heterocycles. The van der Waals surface area contributed by atoms with E-state index >= 15 is 0 Å². The number of benzene rings is 2. The first-order chi connectivity index (χ1) is 16.2. The average Bonchev–Trinajstić information content (AvgIpc) is 2.83. The standard InChI is InChI=1S/C26H38N4O3/c1-27-11-13-29-15-19-31-21-17-30(18-22-32-20-16-29)14-12-28(2)24-8-4-6-10-26(24)33-25-9-5-3-7-23(25)27/h3-10H,11-22H2,1-2H3. The van der Waals surface area contributed by atoms with Gasteiger partial charge in [-0.3, -0.25) is 9.80 Å². The van der Waals surface area contributed by atoms with E-state index in [0.717, 1.165) is 102 Å². The molecule has 2 aromatic carbocycles. The maximum atomic E-state index is 6.52. The molecular formula is C26H38N4O3. The van der Waals surface area contributed by atoms with E-state index in [9.17, 15) is 0 Å². The van der Waals surface area contributed by atoms with E-state index in [-0.39, 0.29) is 0 Å². The van der Waals surface area contributed by atoms with Gasteiger partial charge in [-0.1, -0.05) is 24.3 Å². The van der Waals surface area contributed by atoms with Gasteiger partial charge in [-0.2, -0.15) is 0 Å². The van der Waals surface area contributed by atoms with E-state index < -0.39 is 0 Å². The number of nitrogens with zero attached hydrogens (tertiary/aromatic N) is 4. The van der Waals surface area contributed by atoms with Crippen LogP contribution in [0.3, 0.4) is 0 Å². The largest absolute Gasteiger partial charge is 0.453 e. The van der Waals surface area contributed by atoms with Gasteiger partial charge >= 0.3 is 0 Å². The van der Waals surface area contributed by atoms with Crippen molar-refractivity contribution in [2.24, 2.45) is 0 Å². The minimum absolute atomic E-state index is 0.754. The highest BCUT2D eigenvalue weighted by Crippen LogP contribution is 2.36. The molecule has 33 heavy (non-hydrogen) atoms. The fourth-order valence-electron chi connectivity index (χ4n) is 4.31. The molecule has 1 fully saturated rings. The highest BCUT2D eigenvalue weighted by atomic mass is 16.5. The third kappa shape index (κ3) is 6.84. The molecule has 0 radical (unpaired) electrons. The first-order valence-corrected chi connectivity index (χ1v) is 12.1. The van der Waals surface area contributed by atoms with Crippen molar-refractivity contribution in [3.63, 3.8) is 0 Å². The smallest absolute Gasteiger partial charge is 0.150 e. The molecule has 0 N–H and O–H groups in total. The van der Waals surface area contributed by atoms with Gasteiger partial charge < -0.3 is 24.0 Å². The lowest BCUT2D eigenvalue weighted by Gasteiger charge is -2.30. The van der Waals surface area contributed by atoms with Crippen molar-refractivity contribution in [3.8, 4) is 11.5 Å². The Morgan fingerprint density at radius 2 is 0.909 bits per heavy atom. The predicted octanol–water partition coefficient (Wildman–Crippen LogP) is 3.02. The van der Waals surface area contributed by atoms with Gasteiger partial charge in [0, 0.05) is 66.5 Å². The third-order valence-electron chi connectivity index (χ3n) is 6.48. The zero-order valence-electron chi connectivity index (χ0n) is 20.1. The van der Waals surface area contributed by atoms with Crippen LogP contribution in [0.4, 0.5) is 11.4 Å². The molecule has 2 aromatic rings. The van der Waals surface area contributed by atoms with Crippen LogP contribution in [0.25, 0.3) is 0 Å². The minimum Gasteiger partial charge on any atom is -0.453 e. The quantitative estimate of drug-likeness (QED) is 0.606. The first kappa shape index (κ1) is 23.8. The Hall–Kier alpha value is -2.32. The second-order valence-corrected chi connectivity index (χ2v) is 8.79. The van der Waals surface area contributed by atoms with Gasteiger partial charge in [0.1, 0.15) is 0 Å². The van der Waals surface area contributed by atoms with Gasteiger partial charge in [0.2, 0.25) is 0 Å². The van der Waals surface area contributed by atoms with Crippen molar-refractivity contribution in [1.82, 2.24) is 9.80 Å². The first-order valence-electron chi connectivity index (χ1n) is 12.1. The zero-order chi connectivity index (χ0) is 22.9. The third-order valence-corrected chi connectivity index (χ3v) is 6.48. The maximum absolute atomic E-state index is 6.52. The summed E-state index contributed by atoms with van der Waals surface area (Å²) >= 11 is 0. The highest BCUT2D eigenvalue weighted by Gasteiger charge is 2.16. The topological polar surface area (TPSA) is 40.7 Å². The summed E-state index contributed by atoms with van der Waals surface area (Å²) in [6.07, 6.45) is 0. The van der Waals surface area contributed by atoms with Crippen LogP contribution in [-0.2, 0) is 9.47 Å². The van der Waals surface area contributed by atoms with E-state index in [0.29, 0.717) is 0 Å². The van der Waals surface area contributed by atoms with E-state index in [2.05, 4.69) is 70.1 Å². The summed E-state index contributed by atoms with van der Waals surface area (Å²) in [5.74, 6) is 1.76. The summed E-state index contributed by atoms with van der Waals surface area (Å²) in [4.78, 5) is 9.43. The van der Waals surface area contributed by atoms with Gasteiger partial charge in [0.05, 0.1) is 37.8 Å². The molecule has 5 rings (SSSR count). The molecule has 0 aromatic heterocycles. The van der Waals surface area contributed by atoms with Crippen molar-refractivity contribution in [3.05, 3.63) is 48.5 Å². The van der Waals surface area contributed by atoms with Gasteiger partial charge in [-0.05, 0) is 24.3 Å². The van der Waals surface area contributed by atoms with Gasteiger partial charge in [-0.25, -0.2) is 0 Å². The molecule has 0 aliphatic carbocycles. The van der Waals surface area contributed by atoms with Crippen LogP contribution in [0.1, 0.15) is 0 Å². The summed E-state index contributed by atoms with van der Waals surface area (Å²) in [6.45, 7) is 10.4. The minimum atomic E-state index is 0.754. The van der Waals surface area contributed by atoms with E-state index in [1.165, 1.54) is 0 Å². The number of ether oxygens (including phenoxy) is 3. The Kier molecular flexibility index (Phi) is 8.83. The molecule has 0 spiro atoms. The molecule has 0 atom stereocenters. The molecule has 0 amide bonds. The SMILES string of the molecule is CN1CCN2CCOCCN(CCOCC2)CCN(C)c2ccccc2Oc2ccccc21. The summed E-state index contributed by atoms with van der Waals surface area (Å²) in [5.41, 5.74) is 2.19. The number of anilines is 2. The van der Waals surface area contributed by atoms with E-state index in [1.54, 1.807) is 0 Å². The highest BCUT2D eigenvalue weighted by molar-refractivity contribution is 5.63. The summed E-state index contributed by atoms with van der Waals surface area (Å²) < 4.78 is 18.5. The van der Waals surface area contributed by atoms with Crippen molar-refractivity contribution < 1.29 is 14.2 Å². The van der Waals surface area contributed by atoms with Crippen molar-refractivity contribution in [2.75, 3.05) is 103 Å². The molecule has 180 valence electrons. The Morgan fingerprint density at radius 3 is 1.33 bits per heavy atom. The van der Waals surface area contributed by atoms with Crippen LogP contribution in [0, 0.1) is 0 Å². The number of fused-ring (bicyclic) bond motifs is 12. The molecular weight excluding hydrogens is 416 g/mol. The number of likely N-dealkylation sites (N-methyl/N-ethyl adjacent to an activating group) is 2. The predicted molar refractivity (Wildman–Crippen MR) is 134 cm³/mol. The van der Waals surface area contributed by atoms with Gasteiger partial charge in [-0.15, -0.1) is 0 Å². The Morgan fingerprint density at radius 1 is 0.515 bits per heavy atom. The second kappa shape index (κ2) is 12.2. The van der Waals surface area contributed by atoms with Crippen molar-refractivity contribution >= 4 is 11.4 Å². The molecule has 7 heteroatoms. The van der Waals surface area contributed by atoms with Crippen LogP contribution in [0.15, 0.2) is 48.5 Å². The van der Waals surface area contributed by atoms with Crippen LogP contribution in [0.5, 0.6) is 11.5 Å². The van der Waals surface area contributed by atoms with E-state index in [4.69, 9.17) is 14.2 Å². The summed E-state index contributed by atoms with van der Waals surface area (Å²) in [5, 5.41) is 0. The van der Waals surface area contributed by atoms with E-state index in [1.807, 2.05) is 12.1 Å². The lowest BCUT2D eigenvalue weighted by atomic mass is 10.2. The molecule has 2 bridgehead atoms. The molecule has 0 unspecified atom stereocenters. The van der Waals surface area contributed by atoms with Crippen molar-refractivity contribution in [1.29, 1.82) is 0 Å². The molecule has 7 nitrogen and oxygen atoms in total. The van der Waals surface area contributed by atoms with Crippen LogP contribution in [-0.4, -0.2) is 103 Å². The lowest BCUT2D eigenvalue weighted by molar-refractivity contribution is 0.0393. The number of para-hydroxylation sites is 4. The number of hydrogen-bond donors (Lipinski definition) is 0. The number of rotatable bonds is 0. The van der Waals surface area contributed by atoms with Crippen LogP contribution in [0.2, 0.25) is 0 Å².